The van der Waals surface area contributed by atoms with Crippen molar-refractivity contribution in [2.45, 2.75) is 19.6 Å². The number of aromatic nitrogens is 2. The number of ether oxygens (including phenoxy) is 2. The summed E-state index contributed by atoms with van der Waals surface area (Å²) in [5.41, 5.74) is 1.40. The molecule has 0 saturated heterocycles. The van der Waals surface area contributed by atoms with E-state index >= 15 is 0 Å². The van der Waals surface area contributed by atoms with Crippen LogP contribution in [-0.4, -0.2) is 59.8 Å². The van der Waals surface area contributed by atoms with Crippen LogP contribution in [0, 0.1) is 0 Å². The second-order valence-corrected chi connectivity index (χ2v) is 9.06. The number of anilines is 2. The number of benzene rings is 2. The minimum absolute atomic E-state index is 0.0338. The minimum Gasteiger partial charge on any atom is -0.495 e. The van der Waals surface area contributed by atoms with Gasteiger partial charge in [-0.25, -0.2) is 4.98 Å². The van der Waals surface area contributed by atoms with Gasteiger partial charge in [-0.15, -0.1) is 0 Å². The maximum Gasteiger partial charge on any atom is 0.423 e. The molecule has 4 rings (SSSR count). The number of hydrogen-bond donors (Lipinski definition) is 1. The Kier molecular flexibility index (Phi) is 7.48. The molecule has 2 heterocycles. The Morgan fingerprint density at radius 3 is 2.59 bits per heavy atom. The highest BCUT2D eigenvalue weighted by molar-refractivity contribution is 6.01. The lowest BCUT2D eigenvalue weighted by Crippen LogP contribution is -2.19. The molecule has 2 amide bonds. The number of nitrogens with zero attached hydrogens (tertiary/aromatic N) is 4. The second-order valence-electron chi connectivity index (χ2n) is 9.06. The molecule has 0 radical (unpaired) electrons. The van der Waals surface area contributed by atoms with Crippen LogP contribution >= 0.6 is 0 Å². The van der Waals surface area contributed by atoms with Gasteiger partial charge < -0.3 is 24.6 Å². The molecule has 0 saturated carbocycles. The first-order valence-corrected chi connectivity index (χ1v) is 11.7. The number of carbonyl (C=O) groups is 2. The minimum atomic E-state index is -4.81. The van der Waals surface area contributed by atoms with Crippen LogP contribution in [0.1, 0.15) is 34.0 Å². The Balaban J connectivity index is 1.68. The van der Waals surface area contributed by atoms with E-state index in [1.807, 2.05) is 0 Å². The Morgan fingerprint density at radius 1 is 1.18 bits per heavy atom. The topological polar surface area (TPSA) is 96.9 Å². The van der Waals surface area contributed by atoms with Crippen molar-refractivity contribution >= 4 is 29.0 Å². The normalized spacial score (nSPS) is 13.3. The molecule has 1 aliphatic heterocycles. The number of fused-ring (bicyclic) bond motifs is 1. The van der Waals surface area contributed by atoms with Gasteiger partial charge in [0.15, 0.2) is 0 Å². The van der Waals surface area contributed by atoms with Crippen LogP contribution in [0.3, 0.4) is 0 Å². The quantitative estimate of drug-likeness (QED) is 0.415. The van der Waals surface area contributed by atoms with Gasteiger partial charge in [-0.1, -0.05) is 18.2 Å². The Labute approximate surface area is 222 Å². The molecule has 12 heteroatoms. The van der Waals surface area contributed by atoms with E-state index in [9.17, 15) is 22.8 Å². The maximum atomic E-state index is 13.8. The fraction of sp³-hybridized carbons (Fsp3) is 0.259. The standard InChI is InChI=1S/C27H26F3N5O4/c1-15(11-22(36)34(2)3)16-9-10-19(21(12-16)38-5)32-26-31-13-18(27(28,29)30)24(33-26)39-20-8-6-7-17-14-35(4)25(37)23(17)20/h6-13H,14H2,1-5H3,(H,31,32,33). The average Bonchev–Trinajstić information content (AvgIpc) is 3.17. The van der Waals surface area contributed by atoms with Crippen LogP contribution < -0.4 is 14.8 Å². The predicted molar refractivity (Wildman–Crippen MR) is 138 cm³/mol. The zero-order valence-electron chi connectivity index (χ0n) is 21.9. The van der Waals surface area contributed by atoms with E-state index in [1.54, 1.807) is 58.4 Å². The summed E-state index contributed by atoms with van der Waals surface area (Å²) in [7, 11) is 6.31. The first kappa shape index (κ1) is 27.4. The maximum absolute atomic E-state index is 13.8. The molecule has 2 aromatic carbocycles. The van der Waals surface area contributed by atoms with Crippen LogP contribution in [0.5, 0.6) is 17.4 Å². The Hall–Kier alpha value is -4.61. The number of likely N-dealkylation sites (N-methyl/N-ethyl adjacent to an activating group) is 1. The lowest BCUT2D eigenvalue weighted by molar-refractivity contribution is -0.139. The van der Waals surface area contributed by atoms with E-state index in [0.717, 1.165) is 0 Å². The number of amides is 2. The van der Waals surface area contributed by atoms with Crippen LogP contribution in [0.4, 0.5) is 24.8 Å². The number of halogens is 3. The van der Waals surface area contributed by atoms with E-state index in [2.05, 4.69) is 15.3 Å². The summed E-state index contributed by atoms with van der Waals surface area (Å²) in [4.78, 5) is 35.3. The van der Waals surface area contributed by atoms with Crippen LogP contribution in [-0.2, 0) is 17.5 Å². The summed E-state index contributed by atoms with van der Waals surface area (Å²) >= 11 is 0. The molecule has 1 N–H and O–H groups in total. The molecule has 1 aliphatic rings. The van der Waals surface area contributed by atoms with Gasteiger partial charge in [0.05, 0.1) is 18.4 Å². The van der Waals surface area contributed by atoms with E-state index in [0.29, 0.717) is 40.9 Å². The van der Waals surface area contributed by atoms with Gasteiger partial charge in [0.1, 0.15) is 17.1 Å². The Bertz CT molecular complexity index is 1470. The van der Waals surface area contributed by atoms with Gasteiger partial charge in [-0.3, -0.25) is 9.59 Å². The van der Waals surface area contributed by atoms with Gasteiger partial charge in [0.25, 0.3) is 5.91 Å². The van der Waals surface area contributed by atoms with Crippen molar-refractivity contribution in [2.75, 3.05) is 33.6 Å². The number of hydrogen-bond acceptors (Lipinski definition) is 7. The smallest absolute Gasteiger partial charge is 0.423 e. The molecular weight excluding hydrogens is 515 g/mol. The van der Waals surface area contributed by atoms with Crippen LogP contribution in [0.25, 0.3) is 5.57 Å². The molecule has 0 fully saturated rings. The molecule has 1 aromatic heterocycles. The van der Waals surface area contributed by atoms with E-state index < -0.39 is 17.6 Å². The summed E-state index contributed by atoms with van der Waals surface area (Å²) in [6.45, 7) is 2.09. The molecule has 0 atom stereocenters. The fourth-order valence-electron chi connectivity index (χ4n) is 3.91. The van der Waals surface area contributed by atoms with Crippen molar-refractivity contribution in [3.05, 3.63) is 70.9 Å². The third kappa shape index (κ3) is 5.79. The van der Waals surface area contributed by atoms with Crippen LogP contribution in [0.15, 0.2) is 48.7 Å². The largest absolute Gasteiger partial charge is 0.495 e. The van der Waals surface area contributed by atoms with Crippen LogP contribution in [0.2, 0.25) is 0 Å². The Morgan fingerprint density at radius 2 is 1.92 bits per heavy atom. The first-order chi connectivity index (χ1) is 18.4. The number of carbonyl (C=O) groups excluding carboxylic acids is 2. The van der Waals surface area contributed by atoms with Gasteiger partial charge >= 0.3 is 6.18 Å². The zero-order chi connectivity index (χ0) is 28.5. The van der Waals surface area contributed by atoms with E-state index in [1.165, 1.54) is 29.1 Å². The molecule has 0 aliphatic carbocycles. The number of allylic oxidation sites excluding steroid dienone is 1. The molecular formula is C27H26F3N5O4. The van der Waals surface area contributed by atoms with Crippen molar-refractivity contribution in [3.8, 4) is 17.4 Å². The van der Waals surface area contributed by atoms with Gasteiger partial charge in [-0.2, -0.15) is 18.2 Å². The van der Waals surface area contributed by atoms with Crippen molar-refractivity contribution in [3.63, 3.8) is 0 Å². The predicted octanol–water partition coefficient (Wildman–Crippen LogP) is 5.12. The average molecular weight is 542 g/mol. The zero-order valence-corrected chi connectivity index (χ0v) is 21.9. The van der Waals surface area contributed by atoms with Crippen molar-refractivity contribution in [1.29, 1.82) is 0 Å². The van der Waals surface area contributed by atoms with Gasteiger partial charge in [0.2, 0.25) is 17.7 Å². The molecule has 204 valence electrons. The third-order valence-electron chi connectivity index (χ3n) is 6.03. The molecule has 0 bridgehead atoms. The van der Waals surface area contributed by atoms with Gasteiger partial charge in [0, 0.05) is 40.0 Å². The summed E-state index contributed by atoms with van der Waals surface area (Å²) in [5.74, 6) is -1.17. The number of alkyl halides is 3. The molecule has 0 unspecified atom stereocenters. The van der Waals surface area contributed by atoms with Crippen molar-refractivity contribution < 1.29 is 32.2 Å². The van der Waals surface area contributed by atoms with E-state index in [-0.39, 0.29) is 29.1 Å². The summed E-state index contributed by atoms with van der Waals surface area (Å²) in [6.07, 6.45) is -2.71. The summed E-state index contributed by atoms with van der Waals surface area (Å²) in [5, 5.41) is 2.86. The fourth-order valence-corrected chi connectivity index (χ4v) is 3.91. The first-order valence-electron chi connectivity index (χ1n) is 11.7. The monoisotopic (exact) mass is 541 g/mol. The second kappa shape index (κ2) is 10.6. The number of rotatable bonds is 7. The molecule has 39 heavy (non-hydrogen) atoms. The van der Waals surface area contributed by atoms with Crippen molar-refractivity contribution in [2.24, 2.45) is 0 Å². The highest BCUT2D eigenvalue weighted by atomic mass is 19.4. The molecule has 0 spiro atoms. The lowest BCUT2D eigenvalue weighted by atomic mass is 10.1. The molecule has 3 aromatic rings. The van der Waals surface area contributed by atoms with Gasteiger partial charge in [-0.05, 0) is 41.8 Å². The number of nitrogens with one attached hydrogen (secondary N) is 1. The number of methoxy groups -OCH3 is 1. The summed E-state index contributed by atoms with van der Waals surface area (Å²) in [6, 6.07) is 9.76. The lowest BCUT2D eigenvalue weighted by Gasteiger charge is -2.16. The third-order valence-corrected chi connectivity index (χ3v) is 6.03. The van der Waals surface area contributed by atoms with Crippen molar-refractivity contribution in [1.82, 2.24) is 19.8 Å². The SMILES string of the molecule is COc1cc(C(C)=CC(=O)N(C)C)ccc1Nc1ncc(C(F)(F)F)c(Oc2cccc3c2C(=O)N(C)C3)n1. The highest BCUT2D eigenvalue weighted by Gasteiger charge is 2.37. The molecule has 9 nitrogen and oxygen atoms in total. The summed E-state index contributed by atoms with van der Waals surface area (Å²) < 4.78 is 52.4. The van der Waals surface area contributed by atoms with E-state index in [4.69, 9.17) is 9.47 Å². The highest BCUT2D eigenvalue weighted by Crippen LogP contribution is 2.40.